The first-order valence-electron chi connectivity index (χ1n) is 8.88. The van der Waals surface area contributed by atoms with E-state index in [0.29, 0.717) is 22.9 Å². The van der Waals surface area contributed by atoms with Crippen LogP contribution in [0.2, 0.25) is 0 Å². The second kappa shape index (κ2) is 6.67. The summed E-state index contributed by atoms with van der Waals surface area (Å²) in [5.41, 5.74) is 2.07. The van der Waals surface area contributed by atoms with E-state index in [1.807, 2.05) is 17.0 Å². The van der Waals surface area contributed by atoms with Gasteiger partial charge in [-0.2, -0.15) is 0 Å². The molecule has 4 rings (SSSR count). The molecule has 2 aliphatic rings. The van der Waals surface area contributed by atoms with Gasteiger partial charge >= 0.3 is 0 Å². The second-order valence-corrected chi connectivity index (χ2v) is 6.75. The molecule has 1 aromatic heterocycles. The number of amides is 2. The second-order valence-electron chi connectivity index (χ2n) is 6.75. The first kappa shape index (κ1) is 15.8. The molecule has 25 heavy (non-hydrogen) atoms. The fraction of sp³-hybridized carbons (Fsp3) is 0.350. The highest BCUT2D eigenvalue weighted by atomic mass is 16.2. The van der Waals surface area contributed by atoms with E-state index in [1.54, 1.807) is 30.5 Å². The lowest BCUT2D eigenvalue weighted by molar-refractivity contribution is 0.0787. The smallest absolute Gasteiger partial charge is 0.257 e. The van der Waals surface area contributed by atoms with Gasteiger partial charge in [0.1, 0.15) is 5.82 Å². The Morgan fingerprint density at radius 1 is 1.04 bits per heavy atom. The molecule has 0 spiro atoms. The Balaban J connectivity index is 1.55. The third-order valence-corrected chi connectivity index (χ3v) is 4.87. The average molecular weight is 335 g/mol. The highest BCUT2D eigenvalue weighted by molar-refractivity contribution is 6.11. The number of hydrogen-bond donors (Lipinski definition) is 1. The van der Waals surface area contributed by atoms with Gasteiger partial charge in [-0.1, -0.05) is 12.1 Å². The van der Waals surface area contributed by atoms with Gasteiger partial charge in [-0.15, -0.1) is 0 Å². The maximum absolute atomic E-state index is 12.7. The molecule has 5 nitrogen and oxygen atoms in total. The highest BCUT2D eigenvalue weighted by Gasteiger charge is 2.25. The first-order chi connectivity index (χ1) is 12.2. The maximum Gasteiger partial charge on any atom is 0.257 e. The number of rotatable bonds is 4. The normalized spacial score (nSPS) is 16.7. The van der Waals surface area contributed by atoms with Crippen molar-refractivity contribution in [3.8, 4) is 0 Å². The number of anilines is 1. The lowest BCUT2D eigenvalue weighted by Crippen LogP contribution is -2.29. The molecule has 1 aliphatic carbocycles. The molecule has 1 aliphatic heterocycles. The summed E-state index contributed by atoms with van der Waals surface area (Å²) in [6, 6.07) is 10.9. The molecule has 2 aromatic rings. The van der Waals surface area contributed by atoms with Crippen LogP contribution in [0.1, 0.15) is 57.9 Å². The van der Waals surface area contributed by atoms with Crippen molar-refractivity contribution in [1.82, 2.24) is 9.88 Å². The molecule has 0 atom stereocenters. The van der Waals surface area contributed by atoms with Crippen molar-refractivity contribution in [3.05, 3.63) is 59.3 Å². The summed E-state index contributed by atoms with van der Waals surface area (Å²) in [5, 5.41) is 2.85. The van der Waals surface area contributed by atoms with Crippen LogP contribution in [-0.2, 0) is 0 Å². The van der Waals surface area contributed by atoms with Crippen LogP contribution in [0.4, 0.5) is 5.82 Å². The van der Waals surface area contributed by atoms with Gasteiger partial charge in [0.25, 0.3) is 11.8 Å². The molecule has 1 aromatic carbocycles. The Bertz CT molecular complexity index is 808. The minimum absolute atomic E-state index is 0.0667. The number of likely N-dealkylation sites (tertiary alicyclic amines) is 1. The molecule has 1 N–H and O–H groups in total. The van der Waals surface area contributed by atoms with E-state index in [1.165, 1.54) is 18.4 Å². The van der Waals surface area contributed by atoms with E-state index in [2.05, 4.69) is 10.3 Å². The van der Waals surface area contributed by atoms with Gasteiger partial charge in [0.05, 0.1) is 11.1 Å². The van der Waals surface area contributed by atoms with Gasteiger partial charge in [-0.05, 0) is 61.4 Å². The van der Waals surface area contributed by atoms with Gasteiger partial charge in [0.2, 0.25) is 0 Å². The van der Waals surface area contributed by atoms with Crippen LogP contribution in [-0.4, -0.2) is 34.8 Å². The Labute approximate surface area is 147 Å². The first-order valence-corrected chi connectivity index (χ1v) is 8.88. The van der Waals surface area contributed by atoms with E-state index in [4.69, 9.17) is 0 Å². The molecule has 2 amide bonds. The monoisotopic (exact) mass is 335 g/mol. The van der Waals surface area contributed by atoms with Crippen molar-refractivity contribution in [2.45, 2.75) is 31.6 Å². The number of benzene rings is 1. The molecule has 0 bridgehead atoms. The summed E-state index contributed by atoms with van der Waals surface area (Å²) < 4.78 is 0. The third-order valence-electron chi connectivity index (χ3n) is 4.87. The molecule has 5 heteroatoms. The number of nitrogens with zero attached hydrogens (tertiary/aromatic N) is 2. The number of carbonyl (C=O) groups excluding carboxylic acids is 2. The van der Waals surface area contributed by atoms with Crippen LogP contribution in [0.3, 0.4) is 0 Å². The molecule has 128 valence electrons. The molecule has 1 saturated heterocycles. The van der Waals surface area contributed by atoms with Crippen molar-refractivity contribution in [2.75, 3.05) is 18.4 Å². The molecule has 2 heterocycles. The van der Waals surface area contributed by atoms with Gasteiger partial charge in [0, 0.05) is 19.3 Å². The number of hydrogen-bond acceptors (Lipinski definition) is 3. The van der Waals surface area contributed by atoms with E-state index in [-0.39, 0.29) is 11.8 Å². The number of aromatic nitrogens is 1. The van der Waals surface area contributed by atoms with E-state index in [9.17, 15) is 9.59 Å². The molecule has 0 unspecified atom stereocenters. The predicted octanol–water partition coefficient (Wildman–Crippen LogP) is 3.45. The van der Waals surface area contributed by atoms with Crippen LogP contribution >= 0.6 is 0 Å². The fourth-order valence-electron chi connectivity index (χ4n) is 3.33. The van der Waals surface area contributed by atoms with Gasteiger partial charge in [-0.25, -0.2) is 4.98 Å². The zero-order chi connectivity index (χ0) is 17.2. The summed E-state index contributed by atoms with van der Waals surface area (Å²) in [6.07, 6.45) is 6.18. The largest absolute Gasteiger partial charge is 0.339 e. The van der Waals surface area contributed by atoms with Crippen molar-refractivity contribution in [2.24, 2.45) is 0 Å². The van der Waals surface area contributed by atoms with Crippen molar-refractivity contribution < 1.29 is 9.59 Å². The zero-order valence-electron chi connectivity index (χ0n) is 14.1. The molecular formula is C20H21N3O2. The Morgan fingerprint density at radius 2 is 1.76 bits per heavy atom. The number of carbonyl (C=O) groups is 2. The van der Waals surface area contributed by atoms with Crippen molar-refractivity contribution in [3.63, 3.8) is 0 Å². The fourth-order valence-corrected chi connectivity index (χ4v) is 3.33. The Hall–Kier alpha value is -2.69. The van der Waals surface area contributed by atoms with E-state index >= 15 is 0 Å². The van der Waals surface area contributed by atoms with E-state index < -0.39 is 0 Å². The van der Waals surface area contributed by atoms with Crippen molar-refractivity contribution in [1.29, 1.82) is 0 Å². The summed E-state index contributed by atoms with van der Waals surface area (Å²) >= 11 is 0. The quantitative estimate of drug-likeness (QED) is 0.931. The zero-order valence-corrected chi connectivity index (χ0v) is 14.1. The molecule has 1 saturated carbocycles. The molecule has 0 radical (unpaired) electrons. The summed E-state index contributed by atoms with van der Waals surface area (Å²) in [7, 11) is 0. The average Bonchev–Trinajstić information content (AvgIpc) is 3.36. The van der Waals surface area contributed by atoms with E-state index in [0.717, 1.165) is 25.9 Å². The third kappa shape index (κ3) is 3.40. The highest BCUT2D eigenvalue weighted by Crippen LogP contribution is 2.40. The summed E-state index contributed by atoms with van der Waals surface area (Å²) in [6.45, 7) is 1.53. The SMILES string of the molecule is O=C(Nc1cc(C2CC2)ccn1)c1ccccc1C(=O)N1CCCC1. The van der Waals surface area contributed by atoms with Crippen LogP contribution < -0.4 is 5.32 Å². The number of pyridine rings is 1. The van der Waals surface area contributed by atoms with Crippen LogP contribution in [0.25, 0.3) is 0 Å². The minimum atomic E-state index is -0.288. The van der Waals surface area contributed by atoms with Crippen LogP contribution in [0, 0.1) is 0 Å². The van der Waals surface area contributed by atoms with Crippen LogP contribution in [0.15, 0.2) is 42.6 Å². The molecule has 2 fully saturated rings. The lowest BCUT2D eigenvalue weighted by atomic mass is 10.1. The van der Waals surface area contributed by atoms with Crippen molar-refractivity contribution >= 4 is 17.6 Å². The van der Waals surface area contributed by atoms with Gasteiger partial charge < -0.3 is 10.2 Å². The predicted molar refractivity (Wildman–Crippen MR) is 95.7 cm³/mol. The van der Waals surface area contributed by atoms with Crippen LogP contribution in [0.5, 0.6) is 0 Å². The standard InChI is InChI=1S/C20H21N3O2/c24-19(22-18-13-15(9-10-21-18)14-7-8-14)16-5-1-2-6-17(16)20(25)23-11-3-4-12-23/h1-2,5-6,9-10,13-14H,3-4,7-8,11-12H2,(H,21,22,24). The Kier molecular flexibility index (Phi) is 4.22. The van der Waals surface area contributed by atoms with Gasteiger partial charge in [-0.3, -0.25) is 9.59 Å². The number of nitrogens with one attached hydrogen (secondary N) is 1. The lowest BCUT2D eigenvalue weighted by Gasteiger charge is -2.17. The molecular weight excluding hydrogens is 314 g/mol. The summed E-state index contributed by atoms with van der Waals surface area (Å²) in [5.74, 6) is 0.784. The summed E-state index contributed by atoms with van der Waals surface area (Å²) in [4.78, 5) is 31.5. The van der Waals surface area contributed by atoms with Gasteiger partial charge in [0.15, 0.2) is 0 Å². The Morgan fingerprint density at radius 3 is 2.48 bits per heavy atom. The topological polar surface area (TPSA) is 62.3 Å². The maximum atomic E-state index is 12.7. The minimum Gasteiger partial charge on any atom is -0.339 e.